The lowest BCUT2D eigenvalue weighted by atomic mass is 9.80. The van der Waals surface area contributed by atoms with Gasteiger partial charge in [0.15, 0.2) is 5.82 Å². The number of halogens is 3. The molecule has 1 amide bonds. The first-order valence-corrected chi connectivity index (χ1v) is 10.9. The third kappa shape index (κ3) is 3.25. The van der Waals surface area contributed by atoms with Crippen LogP contribution in [0.4, 0.5) is 30.5 Å². The zero-order valence-electron chi connectivity index (χ0n) is 18.0. The molecule has 6 nitrogen and oxygen atoms in total. The van der Waals surface area contributed by atoms with Crippen molar-refractivity contribution in [1.29, 1.82) is 0 Å². The molecule has 1 fully saturated rings. The van der Waals surface area contributed by atoms with Crippen molar-refractivity contribution in [3.63, 3.8) is 0 Å². The van der Waals surface area contributed by atoms with Crippen molar-refractivity contribution in [2.45, 2.75) is 69.6 Å². The van der Waals surface area contributed by atoms with Crippen molar-refractivity contribution in [2.24, 2.45) is 0 Å². The van der Waals surface area contributed by atoms with Gasteiger partial charge in [-0.1, -0.05) is 6.07 Å². The lowest BCUT2D eigenvalue weighted by Gasteiger charge is -2.28. The van der Waals surface area contributed by atoms with E-state index in [2.05, 4.69) is 21.4 Å². The number of amides is 1. The Morgan fingerprint density at radius 1 is 1.19 bits per heavy atom. The van der Waals surface area contributed by atoms with Crippen LogP contribution in [0.5, 0.6) is 0 Å². The summed E-state index contributed by atoms with van der Waals surface area (Å²) in [6.45, 7) is 1.47. The highest BCUT2D eigenvalue weighted by atomic mass is 19.4. The molecule has 0 radical (unpaired) electrons. The predicted molar refractivity (Wildman–Crippen MR) is 113 cm³/mol. The molecule has 0 unspecified atom stereocenters. The van der Waals surface area contributed by atoms with E-state index >= 15 is 0 Å². The monoisotopic (exact) mass is 446 g/mol. The molecule has 5 rings (SSSR count). The third-order valence-electron chi connectivity index (χ3n) is 6.99. The topological polar surface area (TPSA) is 78.4 Å². The normalized spacial score (nSPS) is 20.3. The summed E-state index contributed by atoms with van der Waals surface area (Å²) in [5.41, 5.74) is 2.60. The average molecular weight is 446 g/mol. The summed E-state index contributed by atoms with van der Waals surface area (Å²) in [4.78, 5) is 23.4. The number of aliphatic hydroxyl groups excluding tert-OH is 1. The Labute approximate surface area is 183 Å². The molecule has 2 aromatic rings. The van der Waals surface area contributed by atoms with E-state index < -0.39 is 24.7 Å². The first-order chi connectivity index (χ1) is 15.1. The van der Waals surface area contributed by atoms with Crippen molar-refractivity contribution >= 4 is 23.2 Å². The second kappa shape index (κ2) is 6.91. The van der Waals surface area contributed by atoms with E-state index in [1.807, 2.05) is 12.1 Å². The van der Waals surface area contributed by atoms with Gasteiger partial charge >= 0.3 is 6.18 Å². The average Bonchev–Trinajstić information content (AvgIpc) is 3.47. The fourth-order valence-electron chi connectivity index (χ4n) is 5.17. The number of benzene rings is 1. The Kier molecular flexibility index (Phi) is 4.57. The Balaban J connectivity index is 1.64. The molecule has 2 aliphatic carbocycles. The number of hydrogen-bond donors (Lipinski definition) is 2. The van der Waals surface area contributed by atoms with Gasteiger partial charge in [0, 0.05) is 0 Å². The van der Waals surface area contributed by atoms with Crippen LogP contribution in [-0.2, 0) is 28.7 Å². The van der Waals surface area contributed by atoms with Gasteiger partial charge in [0.2, 0.25) is 5.91 Å². The van der Waals surface area contributed by atoms with Crippen LogP contribution >= 0.6 is 0 Å². The highest BCUT2D eigenvalue weighted by Gasteiger charge is 2.50. The van der Waals surface area contributed by atoms with E-state index in [-0.39, 0.29) is 28.8 Å². The first-order valence-electron chi connectivity index (χ1n) is 10.9. The third-order valence-corrected chi connectivity index (χ3v) is 6.99. The molecule has 0 bridgehead atoms. The van der Waals surface area contributed by atoms with E-state index in [9.17, 15) is 23.1 Å². The van der Waals surface area contributed by atoms with Crippen molar-refractivity contribution in [3.05, 3.63) is 40.7 Å². The molecule has 1 aliphatic heterocycles. The molecule has 1 aromatic carbocycles. The Hall–Kier alpha value is -2.68. The minimum Gasteiger partial charge on any atom is -0.388 e. The SMILES string of the molecule is CC1(C)C(=O)N(c2ccc3c(c2)C2(CCC3)CC2)c2nc(CO)nc(NCC(F)(F)F)c21. The second-order valence-electron chi connectivity index (χ2n) is 9.55. The van der Waals surface area contributed by atoms with Crippen LogP contribution in [0.25, 0.3) is 0 Å². The number of carbonyl (C=O) groups excluding carboxylic acids is 1. The number of carbonyl (C=O) groups is 1. The molecule has 1 spiro atoms. The molecule has 1 saturated carbocycles. The predicted octanol–water partition coefficient (Wildman–Crippen LogP) is 4.27. The van der Waals surface area contributed by atoms with E-state index in [0.717, 1.165) is 32.1 Å². The number of nitrogens with zero attached hydrogens (tertiary/aromatic N) is 3. The lowest BCUT2D eigenvalue weighted by Crippen LogP contribution is -2.34. The smallest absolute Gasteiger partial charge is 0.388 e. The number of alkyl halides is 3. The Morgan fingerprint density at radius 2 is 1.94 bits per heavy atom. The van der Waals surface area contributed by atoms with Crippen LogP contribution in [0.15, 0.2) is 18.2 Å². The molecular weight excluding hydrogens is 421 g/mol. The first kappa shape index (κ1) is 21.2. The Bertz CT molecular complexity index is 1110. The minimum atomic E-state index is -4.46. The number of anilines is 3. The van der Waals surface area contributed by atoms with Crippen molar-refractivity contribution in [1.82, 2.24) is 9.97 Å². The molecule has 2 heterocycles. The summed E-state index contributed by atoms with van der Waals surface area (Å²) in [5, 5.41) is 11.9. The van der Waals surface area contributed by atoms with Gasteiger partial charge in [-0.2, -0.15) is 13.2 Å². The molecule has 9 heteroatoms. The van der Waals surface area contributed by atoms with Gasteiger partial charge in [0.1, 0.15) is 24.8 Å². The molecule has 0 atom stereocenters. The number of aromatic nitrogens is 2. The summed E-state index contributed by atoms with van der Waals surface area (Å²) in [5.74, 6) is -0.175. The number of aryl methyl sites for hydroxylation is 1. The molecular formula is C23H25F3N4O2. The molecule has 3 aliphatic rings. The zero-order chi connectivity index (χ0) is 22.9. The molecule has 0 saturated heterocycles. The van der Waals surface area contributed by atoms with Crippen LogP contribution in [0.1, 0.15) is 62.0 Å². The van der Waals surface area contributed by atoms with Crippen molar-refractivity contribution < 1.29 is 23.1 Å². The van der Waals surface area contributed by atoms with Crippen LogP contribution in [0.3, 0.4) is 0 Å². The van der Waals surface area contributed by atoms with Crippen molar-refractivity contribution in [2.75, 3.05) is 16.8 Å². The number of rotatable bonds is 4. The highest BCUT2D eigenvalue weighted by Crippen LogP contribution is 2.56. The van der Waals surface area contributed by atoms with Crippen molar-refractivity contribution in [3.8, 4) is 0 Å². The fourth-order valence-corrected chi connectivity index (χ4v) is 5.17. The van der Waals surface area contributed by atoms with Gasteiger partial charge in [-0.15, -0.1) is 0 Å². The number of aliphatic hydroxyl groups is 1. The number of nitrogens with one attached hydrogen (secondary N) is 1. The van der Waals surface area contributed by atoms with E-state index in [0.29, 0.717) is 11.3 Å². The maximum absolute atomic E-state index is 13.5. The summed E-state index contributed by atoms with van der Waals surface area (Å²) in [6, 6.07) is 5.99. The standard InChI is InChI=1S/C23H25F3N4O2/c1-21(2)17-18(27-12-23(24,25)26)28-16(11-31)29-19(17)30(20(21)32)14-6-5-13-4-3-7-22(8-9-22)15(13)10-14/h5-6,10,31H,3-4,7-9,11-12H2,1-2H3,(H,27,28,29). The second-order valence-corrected chi connectivity index (χ2v) is 9.55. The highest BCUT2D eigenvalue weighted by molar-refractivity contribution is 6.12. The van der Waals surface area contributed by atoms with Gasteiger partial charge in [0.05, 0.1) is 16.7 Å². The molecule has 1 aromatic heterocycles. The van der Waals surface area contributed by atoms with Gasteiger partial charge in [-0.05, 0) is 74.6 Å². The lowest BCUT2D eigenvalue weighted by molar-refractivity contribution is -0.121. The molecule has 170 valence electrons. The van der Waals surface area contributed by atoms with Gasteiger partial charge in [-0.3, -0.25) is 9.69 Å². The van der Waals surface area contributed by atoms with Crippen LogP contribution < -0.4 is 10.2 Å². The van der Waals surface area contributed by atoms with Crippen LogP contribution in [0, 0.1) is 0 Å². The Morgan fingerprint density at radius 3 is 2.59 bits per heavy atom. The van der Waals surface area contributed by atoms with Crippen LogP contribution in [0.2, 0.25) is 0 Å². The zero-order valence-corrected chi connectivity index (χ0v) is 18.0. The summed E-state index contributed by atoms with van der Waals surface area (Å²) in [7, 11) is 0. The summed E-state index contributed by atoms with van der Waals surface area (Å²) >= 11 is 0. The maximum Gasteiger partial charge on any atom is 0.405 e. The minimum absolute atomic E-state index is 0.0412. The summed E-state index contributed by atoms with van der Waals surface area (Å²) < 4.78 is 38.7. The maximum atomic E-state index is 13.5. The molecule has 32 heavy (non-hydrogen) atoms. The van der Waals surface area contributed by atoms with Gasteiger partial charge < -0.3 is 10.4 Å². The van der Waals surface area contributed by atoms with E-state index in [1.165, 1.54) is 16.0 Å². The van der Waals surface area contributed by atoms with Gasteiger partial charge in [-0.25, -0.2) is 9.97 Å². The quantitative estimate of drug-likeness (QED) is 0.734. The fraction of sp³-hybridized carbons (Fsp3) is 0.522. The number of hydrogen-bond acceptors (Lipinski definition) is 5. The largest absolute Gasteiger partial charge is 0.405 e. The van der Waals surface area contributed by atoms with E-state index in [4.69, 9.17) is 0 Å². The van der Waals surface area contributed by atoms with E-state index in [1.54, 1.807) is 13.8 Å². The molecule has 2 N–H and O–H groups in total. The number of fused-ring (bicyclic) bond motifs is 3. The van der Waals surface area contributed by atoms with Crippen LogP contribution in [-0.4, -0.2) is 33.7 Å². The summed E-state index contributed by atoms with van der Waals surface area (Å²) in [6.07, 6.45) is 1.13. The van der Waals surface area contributed by atoms with Gasteiger partial charge in [0.25, 0.3) is 0 Å².